The van der Waals surface area contributed by atoms with Crippen molar-refractivity contribution in [2.75, 3.05) is 6.54 Å². The first-order valence-electron chi connectivity index (χ1n) is 8.66. The number of carbonyl (C=O) groups is 1. The molecule has 1 N–H and O–H groups in total. The highest BCUT2D eigenvalue weighted by Gasteiger charge is 2.45. The second-order valence-electron chi connectivity index (χ2n) is 7.62. The Labute approximate surface area is 123 Å². The molecule has 1 saturated heterocycles. The van der Waals surface area contributed by atoms with Gasteiger partial charge in [0, 0.05) is 6.54 Å². The quantitative estimate of drug-likeness (QED) is 0.838. The third-order valence-corrected chi connectivity index (χ3v) is 5.81. The van der Waals surface area contributed by atoms with Gasteiger partial charge in [0.25, 0.3) is 0 Å². The van der Waals surface area contributed by atoms with Gasteiger partial charge in [-0.1, -0.05) is 33.6 Å². The highest BCUT2D eigenvalue weighted by Crippen LogP contribution is 2.48. The molecule has 3 heteroatoms. The van der Waals surface area contributed by atoms with Crippen molar-refractivity contribution < 1.29 is 4.79 Å². The number of nitrogens with one attached hydrogen (secondary N) is 1. The Bertz CT molecular complexity index is 368. The molecule has 5 atom stereocenters. The molecule has 0 aromatic heterocycles. The number of hydrogen-bond acceptors (Lipinski definition) is 2. The summed E-state index contributed by atoms with van der Waals surface area (Å²) in [5.74, 6) is 3.53. The van der Waals surface area contributed by atoms with Gasteiger partial charge in [-0.05, 0) is 49.4 Å². The van der Waals surface area contributed by atoms with E-state index in [0.29, 0.717) is 11.8 Å². The number of rotatable bonds is 5. The van der Waals surface area contributed by atoms with E-state index in [1.807, 2.05) is 0 Å². The highest BCUT2D eigenvalue weighted by molar-refractivity contribution is 5.84. The lowest BCUT2D eigenvalue weighted by Crippen LogP contribution is -2.44. The zero-order chi connectivity index (χ0) is 14.3. The van der Waals surface area contributed by atoms with Gasteiger partial charge < -0.3 is 4.90 Å². The average Bonchev–Trinajstić information content (AvgIpc) is 3.08. The number of fused-ring (bicyclic) bond motifs is 2. The fraction of sp³-hybridized carbons (Fsp3) is 0.941. The van der Waals surface area contributed by atoms with Crippen LogP contribution in [0.4, 0.5) is 0 Å². The first-order valence-corrected chi connectivity index (χ1v) is 8.66. The molecule has 1 amide bonds. The van der Waals surface area contributed by atoms with E-state index in [0.717, 1.165) is 37.1 Å². The van der Waals surface area contributed by atoms with Crippen LogP contribution in [0.5, 0.6) is 0 Å². The summed E-state index contributed by atoms with van der Waals surface area (Å²) in [7, 11) is 0. The highest BCUT2D eigenvalue weighted by atomic mass is 16.2. The van der Waals surface area contributed by atoms with Crippen molar-refractivity contribution >= 4 is 5.91 Å². The monoisotopic (exact) mass is 278 g/mol. The SMILES string of the molecule is CCCC1NC(C(C)C)N(CC2CC3CCC2C3)C1=O. The normalized spacial score (nSPS) is 40.3. The summed E-state index contributed by atoms with van der Waals surface area (Å²) in [5.41, 5.74) is 0. The first kappa shape index (κ1) is 14.4. The molecule has 0 aromatic rings. The van der Waals surface area contributed by atoms with Crippen molar-refractivity contribution in [3.8, 4) is 0 Å². The van der Waals surface area contributed by atoms with Crippen LogP contribution in [0, 0.1) is 23.7 Å². The van der Waals surface area contributed by atoms with Crippen LogP contribution in [0.25, 0.3) is 0 Å². The Balaban J connectivity index is 1.67. The molecule has 1 heterocycles. The van der Waals surface area contributed by atoms with Gasteiger partial charge in [-0.2, -0.15) is 0 Å². The molecule has 20 heavy (non-hydrogen) atoms. The predicted molar refractivity (Wildman–Crippen MR) is 81.1 cm³/mol. The van der Waals surface area contributed by atoms with Crippen LogP contribution in [-0.2, 0) is 4.79 Å². The second kappa shape index (κ2) is 5.67. The Hall–Kier alpha value is -0.570. The number of hydrogen-bond donors (Lipinski definition) is 1. The van der Waals surface area contributed by atoms with Crippen LogP contribution in [0.3, 0.4) is 0 Å². The van der Waals surface area contributed by atoms with Crippen LogP contribution in [0.2, 0.25) is 0 Å². The summed E-state index contributed by atoms with van der Waals surface area (Å²) in [4.78, 5) is 14.9. The molecule has 3 nitrogen and oxygen atoms in total. The fourth-order valence-electron chi connectivity index (χ4n) is 4.81. The van der Waals surface area contributed by atoms with Gasteiger partial charge in [-0.15, -0.1) is 0 Å². The summed E-state index contributed by atoms with van der Waals surface area (Å²) in [6.45, 7) is 7.63. The largest absolute Gasteiger partial charge is 0.325 e. The zero-order valence-electron chi connectivity index (χ0n) is 13.3. The van der Waals surface area contributed by atoms with Crippen molar-refractivity contribution in [2.45, 2.75) is 71.5 Å². The maximum atomic E-state index is 12.7. The summed E-state index contributed by atoms with van der Waals surface area (Å²) in [6.07, 6.45) is 7.99. The van der Waals surface area contributed by atoms with Crippen LogP contribution in [0.1, 0.15) is 59.3 Å². The predicted octanol–water partition coefficient (Wildman–Crippen LogP) is 3.01. The summed E-state index contributed by atoms with van der Waals surface area (Å²) >= 11 is 0. The van der Waals surface area contributed by atoms with Crippen LogP contribution >= 0.6 is 0 Å². The van der Waals surface area contributed by atoms with Gasteiger partial charge >= 0.3 is 0 Å². The van der Waals surface area contributed by atoms with Gasteiger partial charge in [0.2, 0.25) is 5.91 Å². The Morgan fingerprint density at radius 2 is 2.10 bits per heavy atom. The van der Waals surface area contributed by atoms with Gasteiger partial charge in [-0.3, -0.25) is 10.1 Å². The van der Waals surface area contributed by atoms with E-state index < -0.39 is 0 Å². The molecule has 2 saturated carbocycles. The zero-order valence-corrected chi connectivity index (χ0v) is 13.3. The third kappa shape index (κ3) is 2.49. The van der Waals surface area contributed by atoms with Gasteiger partial charge in [0.05, 0.1) is 12.2 Å². The van der Waals surface area contributed by atoms with Crippen LogP contribution < -0.4 is 5.32 Å². The van der Waals surface area contributed by atoms with Gasteiger partial charge in [0.15, 0.2) is 0 Å². The third-order valence-electron chi connectivity index (χ3n) is 5.81. The minimum absolute atomic E-state index is 0.0750. The molecular weight excluding hydrogens is 248 g/mol. The topological polar surface area (TPSA) is 32.3 Å². The Morgan fingerprint density at radius 3 is 2.65 bits per heavy atom. The van der Waals surface area contributed by atoms with Crippen molar-refractivity contribution in [2.24, 2.45) is 23.7 Å². The lowest BCUT2D eigenvalue weighted by molar-refractivity contribution is -0.131. The molecular formula is C17H30N2O. The molecule has 2 bridgehead atoms. The van der Waals surface area contributed by atoms with E-state index in [1.54, 1.807) is 0 Å². The molecule has 3 rings (SSSR count). The Kier molecular flexibility index (Phi) is 4.07. The summed E-state index contributed by atoms with van der Waals surface area (Å²) in [5, 5.41) is 3.59. The van der Waals surface area contributed by atoms with E-state index in [2.05, 4.69) is 31.0 Å². The molecule has 114 valence electrons. The van der Waals surface area contributed by atoms with Crippen LogP contribution in [-0.4, -0.2) is 29.6 Å². The molecule has 3 fully saturated rings. The minimum Gasteiger partial charge on any atom is -0.325 e. The number of amides is 1. The molecule has 0 radical (unpaired) electrons. The maximum Gasteiger partial charge on any atom is 0.241 e. The van der Waals surface area contributed by atoms with E-state index in [4.69, 9.17) is 0 Å². The standard InChI is InChI=1S/C17H30N2O/c1-4-5-15-17(20)19(16(18-15)11(2)3)10-14-9-12-6-7-13(14)8-12/h11-16,18H,4-10H2,1-3H3. The van der Waals surface area contributed by atoms with Crippen molar-refractivity contribution in [3.05, 3.63) is 0 Å². The smallest absolute Gasteiger partial charge is 0.241 e. The van der Waals surface area contributed by atoms with Gasteiger partial charge in [-0.25, -0.2) is 0 Å². The molecule has 2 aliphatic carbocycles. The molecule has 0 spiro atoms. The maximum absolute atomic E-state index is 12.7. The number of nitrogens with zero attached hydrogens (tertiary/aromatic N) is 1. The van der Waals surface area contributed by atoms with E-state index >= 15 is 0 Å². The molecule has 3 aliphatic rings. The molecule has 0 aromatic carbocycles. The van der Waals surface area contributed by atoms with Gasteiger partial charge in [0.1, 0.15) is 0 Å². The van der Waals surface area contributed by atoms with Crippen LogP contribution in [0.15, 0.2) is 0 Å². The van der Waals surface area contributed by atoms with Crippen molar-refractivity contribution in [3.63, 3.8) is 0 Å². The lowest BCUT2D eigenvalue weighted by atomic mass is 9.88. The lowest BCUT2D eigenvalue weighted by Gasteiger charge is -2.32. The first-order chi connectivity index (χ1) is 9.60. The minimum atomic E-state index is 0.0750. The second-order valence-corrected chi connectivity index (χ2v) is 7.62. The molecule has 1 aliphatic heterocycles. The van der Waals surface area contributed by atoms with E-state index in [-0.39, 0.29) is 12.2 Å². The average molecular weight is 278 g/mol. The summed E-state index contributed by atoms with van der Waals surface area (Å²) < 4.78 is 0. The van der Waals surface area contributed by atoms with Crippen molar-refractivity contribution in [1.82, 2.24) is 10.2 Å². The van der Waals surface area contributed by atoms with E-state index in [9.17, 15) is 4.79 Å². The van der Waals surface area contributed by atoms with E-state index in [1.165, 1.54) is 25.7 Å². The fourth-order valence-corrected chi connectivity index (χ4v) is 4.81. The molecule has 5 unspecified atom stereocenters. The van der Waals surface area contributed by atoms with Crippen molar-refractivity contribution in [1.29, 1.82) is 0 Å². The number of carbonyl (C=O) groups excluding carboxylic acids is 1. The Morgan fingerprint density at radius 1 is 1.30 bits per heavy atom. The summed E-state index contributed by atoms with van der Waals surface area (Å²) in [6, 6.07) is 0.0750.